The Morgan fingerprint density at radius 2 is 1.86 bits per heavy atom. The van der Waals surface area contributed by atoms with Crippen molar-refractivity contribution in [2.45, 2.75) is 63.0 Å². The fourth-order valence-corrected chi connectivity index (χ4v) is 6.78. The molecule has 0 spiro atoms. The van der Waals surface area contributed by atoms with E-state index in [0.717, 1.165) is 85.4 Å². The minimum Gasteiger partial charge on any atom is -0.490 e. The predicted octanol–water partition coefficient (Wildman–Crippen LogP) is 2.83. The highest BCUT2D eigenvalue weighted by atomic mass is 32.2. The van der Waals surface area contributed by atoms with Crippen LogP contribution in [0.15, 0.2) is 45.4 Å². The molecule has 1 aromatic heterocycles. The Morgan fingerprint density at radius 1 is 1.14 bits per heavy atom. The quantitative estimate of drug-likeness (QED) is 0.373. The summed E-state index contributed by atoms with van der Waals surface area (Å²) >= 11 is 0. The van der Waals surface area contributed by atoms with Gasteiger partial charge in [-0.05, 0) is 51.0 Å². The van der Waals surface area contributed by atoms with Crippen molar-refractivity contribution >= 4 is 34.2 Å². The number of benzene rings is 1. The van der Waals surface area contributed by atoms with E-state index in [0.29, 0.717) is 35.9 Å². The fourth-order valence-electron chi connectivity index (χ4n) is 5.47. The molecule has 3 aliphatic heterocycles. The highest BCUT2D eigenvalue weighted by Gasteiger charge is 2.30. The first-order valence-corrected chi connectivity index (χ1v) is 16.0. The third-order valence-corrected chi connectivity index (χ3v) is 9.52. The Labute approximate surface area is 249 Å². The molecule has 12 heteroatoms. The van der Waals surface area contributed by atoms with E-state index in [-0.39, 0.29) is 18.1 Å². The molecule has 2 saturated heterocycles. The topological polar surface area (TPSA) is 144 Å². The summed E-state index contributed by atoms with van der Waals surface area (Å²) in [7, 11) is 0.642. The highest BCUT2D eigenvalue weighted by Crippen LogP contribution is 2.32. The predicted molar refractivity (Wildman–Crippen MR) is 165 cm³/mol. The number of hydrogen-bond donors (Lipinski definition) is 3. The van der Waals surface area contributed by atoms with Crippen LogP contribution in [0.2, 0.25) is 0 Å². The molecular formula is C30H41N7O4S. The summed E-state index contributed by atoms with van der Waals surface area (Å²) in [6.45, 7) is 6.98. The molecule has 0 aliphatic carbocycles. The van der Waals surface area contributed by atoms with E-state index >= 15 is 0 Å². The standard InChI is InChI=1S/C30H41N7O4S/c1-19(31)25(20(2)32-3)18-33-29(38)21-4-6-23(7-5-21)41-24-8-13-37(14-9-24)30-35-26-12-17-42(39)27(26)28(36-30)34-22-10-15-40-16-11-22/h4-7,22,24H,8-18,31H2,1-3H3,(H,33,38)(H,34,35,36). The Hall–Kier alpha value is -3.51. The number of hydrogen-bond acceptors (Lipinski definition) is 10. The molecule has 4 N–H and O–H groups in total. The first kappa shape index (κ1) is 30.0. The van der Waals surface area contributed by atoms with Gasteiger partial charge in [-0.15, -0.1) is 0 Å². The summed E-state index contributed by atoms with van der Waals surface area (Å²) in [6, 6.07) is 7.48. The number of aryl methyl sites for hydroxylation is 1. The molecule has 0 bridgehead atoms. The largest absolute Gasteiger partial charge is 0.490 e. The summed E-state index contributed by atoms with van der Waals surface area (Å²) in [6.07, 6.45) is 4.24. The lowest BCUT2D eigenvalue weighted by Gasteiger charge is -2.33. The number of aromatic nitrogens is 2. The number of piperidine rings is 1. The summed E-state index contributed by atoms with van der Waals surface area (Å²) in [5, 5.41) is 6.47. The number of anilines is 2. The average molecular weight is 596 g/mol. The number of nitrogens with two attached hydrogens (primary N) is 1. The second-order valence-electron chi connectivity index (χ2n) is 11.0. The maximum atomic E-state index is 12.7. The van der Waals surface area contributed by atoms with Gasteiger partial charge in [-0.2, -0.15) is 4.98 Å². The van der Waals surface area contributed by atoms with Gasteiger partial charge in [-0.1, -0.05) is 0 Å². The van der Waals surface area contributed by atoms with E-state index in [2.05, 4.69) is 20.5 Å². The molecule has 2 fully saturated rings. The van der Waals surface area contributed by atoms with Crippen molar-refractivity contribution in [1.29, 1.82) is 0 Å². The Morgan fingerprint density at radius 3 is 2.52 bits per heavy atom. The van der Waals surface area contributed by atoms with Crippen molar-refractivity contribution in [3.8, 4) is 5.75 Å². The van der Waals surface area contributed by atoms with Gasteiger partial charge >= 0.3 is 0 Å². The molecule has 3 aliphatic rings. The molecule has 5 rings (SSSR count). The SMILES string of the molecule is CN=C(C)C(CNC(=O)c1ccc(OC2CCN(c3nc4c(c(NC5CCOCC5)n3)S(=O)CC4)CC2)cc1)=C(C)N. The van der Waals surface area contributed by atoms with Crippen molar-refractivity contribution in [2.75, 3.05) is 55.9 Å². The zero-order chi connectivity index (χ0) is 29.6. The van der Waals surface area contributed by atoms with Crippen molar-refractivity contribution in [2.24, 2.45) is 10.7 Å². The summed E-state index contributed by atoms with van der Waals surface area (Å²) < 4.78 is 24.5. The first-order chi connectivity index (χ1) is 20.3. The lowest BCUT2D eigenvalue weighted by molar-refractivity contribution is 0.0903. The van der Waals surface area contributed by atoms with Crippen LogP contribution in [0.4, 0.5) is 11.8 Å². The van der Waals surface area contributed by atoms with Gasteiger partial charge in [-0.25, -0.2) is 4.98 Å². The van der Waals surface area contributed by atoms with Crippen molar-refractivity contribution < 1.29 is 18.5 Å². The van der Waals surface area contributed by atoms with Gasteiger partial charge in [0.05, 0.1) is 16.5 Å². The van der Waals surface area contributed by atoms with Crippen molar-refractivity contribution in [3.63, 3.8) is 0 Å². The van der Waals surface area contributed by atoms with Crippen molar-refractivity contribution in [3.05, 3.63) is 46.8 Å². The molecule has 4 heterocycles. The second kappa shape index (κ2) is 13.6. The van der Waals surface area contributed by atoms with Gasteiger partial charge in [0.2, 0.25) is 5.95 Å². The van der Waals surface area contributed by atoms with E-state index in [1.807, 2.05) is 19.1 Å². The van der Waals surface area contributed by atoms with Gasteiger partial charge in [0.15, 0.2) is 0 Å². The number of ether oxygens (including phenoxy) is 2. The fraction of sp³-hybridized carbons (Fsp3) is 0.533. The normalized spacial score (nSPS) is 20.6. The van der Waals surface area contributed by atoms with Crippen LogP contribution in [-0.2, 0) is 22.0 Å². The molecule has 0 radical (unpaired) electrons. The molecule has 11 nitrogen and oxygen atoms in total. The van der Waals surface area contributed by atoms with Crippen LogP contribution in [0, 0.1) is 0 Å². The van der Waals surface area contributed by atoms with E-state index < -0.39 is 10.8 Å². The number of aliphatic imine (C=N–C) groups is 1. The molecular weight excluding hydrogens is 554 g/mol. The van der Waals surface area contributed by atoms with Crippen LogP contribution >= 0.6 is 0 Å². The number of fused-ring (bicyclic) bond motifs is 1. The maximum Gasteiger partial charge on any atom is 0.251 e. The third kappa shape index (κ3) is 7.09. The lowest BCUT2D eigenvalue weighted by Crippen LogP contribution is -2.39. The van der Waals surface area contributed by atoms with Crippen LogP contribution in [0.25, 0.3) is 0 Å². The lowest BCUT2D eigenvalue weighted by atomic mass is 10.1. The average Bonchev–Trinajstić information content (AvgIpc) is 3.38. The van der Waals surface area contributed by atoms with E-state index in [1.165, 1.54) is 0 Å². The van der Waals surface area contributed by atoms with Gasteiger partial charge in [0.1, 0.15) is 22.6 Å². The molecule has 226 valence electrons. The summed E-state index contributed by atoms with van der Waals surface area (Å²) in [5.74, 6) is 2.57. The number of carbonyl (C=O) groups excluding carboxylic acids is 1. The zero-order valence-corrected chi connectivity index (χ0v) is 25.5. The molecule has 1 unspecified atom stereocenters. The zero-order valence-electron chi connectivity index (χ0n) is 24.6. The molecule has 1 atom stereocenters. The molecule has 2 aromatic rings. The highest BCUT2D eigenvalue weighted by molar-refractivity contribution is 7.85. The first-order valence-electron chi connectivity index (χ1n) is 14.6. The van der Waals surface area contributed by atoms with Gasteiger partial charge in [0, 0.05) is 93.5 Å². The number of allylic oxidation sites excluding steroid dienone is 1. The number of rotatable bonds is 9. The Balaban J connectivity index is 1.16. The van der Waals surface area contributed by atoms with Crippen LogP contribution in [-0.4, -0.2) is 83.6 Å². The van der Waals surface area contributed by atoms with E-state index in [9.17, 15) is 9.00 Å². The molecule has 1 aromatic carbocycles. The summed E-state index contributed by atoms with van der Waals surface area (Å²) in [4.78, 5) is 29.5. The van der Waals surface area contributed by atoms with Crippen LogP contribution in [0.1, 0.15) is 55.6 Å². The minimum absolute atomic E-state index is 0.0548. The molecule has 42 heavy (non-hydrogen) atoms. The molecule has 1 amide bonds. The van der Waals surface area contributed by atoms with Crippen molar-refractivity contribution in [1.82, 2.24) is 15.3 Å². The number of nitrogens with zero attached hydrogens (tertiary/aromatic N) is 4. The number of nitrogens with one attached hydrogen (secondary N) is 2. The van der Waals surface area contributed by atoms with Gasteiger partial charge < -0.3 is 30.7 Å². The van der Waals surface area contributed by atoms with Crippen LogP contribution in [0.3, 0.4) is 0 Å². The monoisotopic (exact) mass is 595 g/mol. The van der Waals surface area contributed by atoms with E-state index in [4.69, 9.17) is 25.2 Å². The van der Waals surface area contributed by atoms with Crippen LogP contribution in [0.5, 0.6) is 5.75 Å². The minimum atomic E-state index is -1.06. The number of amides is 1. The van der Waals surface area contributed by atoms with E-state index in [1.54, 1.807) is 26.1 Å². The maximum absolute atomic E-state index is 12.7. The number of carbonyl (C=O) groups is 1. The summed E-state index contributed by atoms with van der Waals surface area (Å²) in [5.41, 5.74) is 9.67. The molecule has 0 saturated carbocycles. The Bertz CT molecular complexity index is 1360. The smallest absolute Gasteiger partial charge is 0.251 e. The van der Waals surface area contributed by atoms with Gasteiger partial charge in [0.25, 0.3) is 5.91 Å². The van der Waals surface area contributed by atoms with Crippen LogP contribution < -0.4 is 26.0 Å². The third-order valence-electron chi connectivity index (χ3n) is 8.06. The van der Waals surface area contributed by atoms with Gasteiger partial charge in [-0.3, -0.25) is 14.0 Å². The Kier molecular flexibility index (Phi) is 9.73. The second-order valence-corrected chi connectivity index (χ2v) is 12.5.